The van der Waals surface area contributed by atoms with Crippen molar-refractivity contribution < 1.29 is 14.4 Å². The minimum atomic E-state index is -0.404. The smallest absolute Gasteiger partial charge is 0.320 e. The standard InChI is InChI=1S/C20H23N7O3/c1-10(11-2-3-11)22-20(30)25-15-8-16(23-14-4-5-14)27-18(24-15)13(9-21-27)6-12-7-17(28)26-19(12)29/h6,8-11,14,23H,2-5,7H2,1H3,(H,26,28,29)(H2,22,24,25,30)/b12-6+/t10-/m0/s1. The molecule has 0 unspecified atom stereocenters. The van der Waals surface area contributed by atoms with Gasteiger partial charge in [-0.05, 0) is 44.6 Å². The second-order valence-electron chi connectivity index (χ2n) is 8.23. The van der Waals surface area contributed by atoms with Gasteiger partial charge in [-0.2, -0.15) is 9.61 Å². The summed E-state index contributed by atoms with van der Waals surface area (Å²) in [5.41, 5.74) is 1.46. The van der Waals surface area contributed by atoms with E-state index in [-0.39, 0.29) is 24.4 Å². The third-order valence-corrected chi connectivity index (χ3v) is 5.58. The van der Waals surface area contributed by atoms with Crippen LogP contribution in [0.5, 0.6) is 0 Å². The van der Waals surface area contributed by atoms with Gasteiger partial charge in [-0.15, -0.1) is 0 Å². The van der Waals surface area contributed by atoms with Crippen LogP contribution in [0.4, 0.5) is 16.4 Å². The first kappa shape index (κ1) is 18.6. The molecule has 5 rings (SSSR count). The highest BCUT2D eigenvalue weighted by Gasteiger charge is 2.29. The zero-order valence-corrected chi connectivity index (χ0v) is 16.6. The molecule has 0 bridgehead atoms. The molecule has 0 radical (unpaired) electrons. The Labute approximate surface area is 172 Å². The van der Waals surface area contributed by atoms with Gasteiger partial charge < -0.3 is 10.6 Å². The van der Waals surface area contributed by atoms with Crippen molar-refractivity contribution in [1.29, 1.82) is 0 Å². The Morgan fingerprint density at radius 3 is 2.77 bits per heavy atom. The average Bonchev–Trinajstić information content (AvgIpc) is 3.60. The second kappa shape index (κ2) is 7.12. The maximum absolute atomic E-state index is 12.4. The van der Waals surface area contributed by atoms with E-state index in [0.717, 1.165) is 25.7 Å². The van der Waals surface area contributed by atoms with Crippen molar-refractivity contribution in [3.8, 4) is 0 Å². The molecule has 0 spiro atoms. The number of imide groups is 1. The summed E-state index contributed by atoms with van der Waals surface area (Å²) in [6.45, 7) is 2.00. The highest BCUT2D eigenvalue weighted by atomic mass is 16.2. The molecule has 4 N–H and O–H groups in total. The number of nitrogens with zero attached hydrogens (tertiary/aromatic N) is 3. The molecule has 2 aromatic rings. The van der Waals surface area contributed by atoms with Crippen molar-refractivity contribution in [2.75, 3.05) is 10.6 Å². The third kappa shape index (κ3) is 3.85. The Morgan fingerprint density at radius 1 is 1.30 bits per heavy atom. The van der Waals surface area contributed by atoms with Gasteiger partial charge in [0, 0.05) is 29.3 Å². The van der Waals surface area contributed by atoms with Gasteiger partial charge >= 0.3 is 6.03 Å². The number of amides is 4. The van der Waals surface area contributed by atoms with Crippen molar-refractivity contribution in [3.05, 3.63) is 23.4 Å². The van der Waals surface area contributed by atoms with Crippen LogP contribution < -0.4 is 21.3 Å². The molecule has 3 fully saturated rings. The number of anilines is 2. The van der Waals surface area contributed by atoms with Crippen LogP contribution in [0.25, 0.3) is 11.7 Å². The summed E-state index contributed by atoms with van der Waals surface area (Å²) in [6, 6.07) is 1.94. The zero-order chi connectivity index (χ0) is 20.8. The second-order valence-corrected chi connectivity index (χ2v) is 8.23. The molecule has 2 aromatic heterocycles. The van der Waals surface area contributed by atoms with Gasteiger partial charge in [-0.25, -0.2) is 9.78 Å². The molecule has 0 aromatic carbocycles. The lowest BCUT2D eigenvalue weighted by Gasteiger charge is -2.14. The summed E-state index contributed by atoms with van der Waals surface area (Å²) in [5.74, 6) is 0.920. The van der Waals surface area contributed by atoms with Gasteiger partial charge in [-0.3, -0.25) is 20.2 Å². The zero-order valence-electron chi connectivity index (χ0n) is 16.6. The normalized spacial score (nSPS) is 21.0. The summed E-state index contributed by atoms with van der Waals surface area (Å²) in [6.07, 6.45) is 7.69. The highest BCUT2D eigenvalue weighted by Crippen LogP contribution is 2.32. The third-order valence-electron chi connectivity index (χ3n) is 5.58. The minimum absolute atomic E-state index is 0.0305. The largest absolute Gasteiger partial charge is 0.367 e. The van der Waals surface area contributed by atoms with Crippen molar-refractivity contribution in [2.24, 2.45) is 5.92 Å². The van der Waals surface area contributed by atoms with E-state index in [1.54, 1.807) is 22.9 Å². The van der Waals surface area contributed by atoms with Crippen molar-refractivity contribution >= 4 is 41.2 Å². The van der Waals surface area contributed by atoms with Gasteiger partial charge in [0.2, 0.25) is 5.91 Å². The molecule has 30 heavy (non-hydrogen) atoms. The topological polar surface area (TPSA) is 130 Å². The maximum atomic E-state index is 12.4. The number of carbonyl (C=O) groups is 3. The molecule has 3 aliphatic rings. The fourth-order valence-corrected chi connectivity index (χ4v) is 3.57. The molecule has 156 valence electrons. The fraction of sp³-hybridized carbons (Fsp3) is 0.450. The molecule has 2 aliphatic carbocycles. The van der Waals surface area contributed by atoms with Crippen LogP contribution in [0.3, 0.4) is 0 Å². The molecule has 1 atom stereocenters. The number of urea groups is 1. The van der Waals surface area contributed by atoms with E-state index in [1.165, 1.54) is 0 Å². The number of rotatable bonds is 6. The van der Waals surface area contributed by atoms with Crippen molar-refractivity contribution in [1.82, 2.24) is 25.2 Å². The first-order chi connectivity index (χ1) is 14.5. The van der Waals surface area contributed by atoms with Gasteiger partial charge in [0.15, 0.2) is 5.65 Å². The molecule has 4 amide bonds. The van der Waals surface area contributed by atoms with Crippen molar-refractivity contribution in [2.45, 2.75) is 51.1 Å². The molecule has 1 aliphatic heterocycles. The lowest BCUT2D eigenvalue weighted by Crippen LogP contribution is -2.37. The van der Waals surface area contributed by atoms with Crippen LogP contribution in [-0.4, -0.2) is 44.5 Å². The molecule has 3 heterocycles. The van der Waals surface area contributed by atoms with Gasteiger partial charge in [0.1, 0.15) is 11.6 Å². The Bertz CT molecular complexity index is 1080. The molecule has 10 nitrogen and oxygen atoms in total. The molecule has 1 saturated heterocycles. The number of carbonyl (C=O) groups excluding carboxylic acids is 3. The van der Waals surface area contributed by atoms with E-state index in [2.05, 4.69) is 31.3 Å². The number of aromatic nitrogens is 3. The molecular weight excluding hydrogens is 386 g/mol. The van der Waals surface area contributed by atoms with E-state index in [4.69, 9.17) is 0 Å². The monoisotopic (exact) mass is 409 g/mol. The Morgan fingerprint density at radius 2 is 2.10 bits per heavy atom. The van der Waals surface area contributed by atoms with Crippen LogP contribution in [0.15, 0.2) is 17.8 Å². The lowest BCUT2D eigenvalue weighted by molar-refractivity contribution is -0.124. The number of fused-ring (bicyclic) bond motifs is 1. The van der Waals surface area contributed by atoms with E-state index in [9.17, 15) is 14.4 Å². The van der Waals surface area contributed by atoms with Gasteiger partial charge in [0.05, 0.1) is 12.6 Å². The van der Waals surface area contributed by atoms with E-state index in [1.807, 2.05) is 6.92 Å². The predicted octanol–water partition coefficient (Wildman–Crippen LogP) is 1.65. The molecular formula is C20H23N7O3. The number of nitrogens with one attached hydrogen (secondary N) is 4. The number of hydrogen-bond acceptors (Lipinski definition) is 6. The Balaban J connectivity index is 1.46. The first-order valence-electron chi connectivity index (χ1n) is 10.2. The maximum Gasteiger partial charge on any atom is 0.320 e. The molecule has 10 heteroatoms. The first-order valence-corrected chi connectivity index (χ1v) is 10.2. The quantitative estimate of drug-likeness (QED) is 0.424. The summed E-state index contributed by atoms with van der Waals surface area (Å²) in [7, 11) is 0. The van der Waals surface area contributed by atoms with Crippen LogP contribution in [-0.2, 0) is 9.59 Å². The number of hydrogen-bond donors (Lipinski definition) is 4. The predicted molar refractivity (Wildman–Crippen MR) is 110 cm³/mol. The van der Waals surface area contributed by atoms with Crippen LogP contribution in [0, 0.1) is 5.92 Å². The lowest BCUT2D eigenvalue weighted by atomic mass is 10.1. The van der Waals surface area contributed by atoms with Crippen LogP contribution >= 0.6 is 0 Å². The fourth-order valence-electron chi connectivity index (χ4n) is 3.57. The van der Waals surface area contributed by atoms with Gasteiger partial charge in [-0.1, -0.05) is 0 Å². The van der Waals surface area contributed by atoms with Gasteiger partial charge in [0.25, 0.3) is 5.91 Å². The minimum Gasteiger partial charge on any atom is -0.367 e. The summed E-state index contributed by atoms with van der Waals surface area (Å²) in [4.78, 5) is 40.4. The van der Waals surface area contributed by atoms with E-state index >= 15 is 0 Å². The summed E-state index contributed by atoms with van der Waals surface area (Å²) < 4.78 is 1.65. The van der Waals surface area contributed by atoms with Crippen molar-refractivity contribution in [3.63, 3.8) is 0 Å². The Kier molecular flexibility index (Phi) is 4.41. The summed E-state index contributed by atoms with van der Waals surface area (Å²) in [5, 5.41) is 15.8. The SMILES string of the molecule is C[C@H](NC(=O)Nc1cc(NC2CC2)n2ncc(/C=C3\CC(=O)NC3=O)c2n1)C1CC1. The van der Waals surface area contributed by atoms with Crippen LogP contribution in [0.2, 0.25) is 0 Å². The average molecular weight is 409 g/mol. The highest BCUT2D eigenvalue weighted by molar-refractivity contribution is 6.15. The van der Waals surface area contributed by atoms with E-state index in [0.29, 0.717) is 40.4 Å². The summed E-state index contributed by atoms with van der Waals surface area (Å²) >= 11 is 0. The van der Waals surface area contributed by atoms with Crippen LogP contribution in [0.1, 0.15) is 44.6 Å². The van der Waals surface area contributed by atoms with E-state index < -0.39 is 5.91 Å². The molecule has 2 saturated carbocycles. The Hall–Kier alpha value is -3.43.